The minimum Gasteiger partial charge on any atom is -0.445 e. The minimum atomic E-state index is -0.949. The van der Waals surface area contributed by atoms with Crippen molar-refractivity contribution in [2.45, 2.75) is 65.1 Å². The topological polar surface area (TPSA) is 109 Å². The average Bonchev–Trinajstić information content (AvgIpc) is 2.94. The molecule has 39 heavy (non-hydrogen) atoms. The van der Waals surface area contributed by atoms with E-state index in [2.05, 4.69) is 28.4 Å². The van der Waals surface area contributed by atoms with Gasteiger partial charge in [-0.05, 0) is 40.7 Å². The number of hydrazine groups is 1. The Bertz CT molecular complexity index is 1210. The number of benzene rings is 3. The lowest BCUT2D eigenvalue weighted by atomic mass is 9.97. The molecule has 0 heterocycles. The number of alkyl carbamates (subject to hydrolysis) is 1. The molecule has 0 aliphatic carbocycles. The standard InChI is InChI=1S/C31H40N4O4/c1-4-5-18-32-35-30(37)27(19-22(2)3)33-29(36)28(34-31(38)39-21-23-12-7-6-8-13-23)20-25-16-11-15-24-14-9-10-17-26(24)25/h6-17,22,27-28,32H,4-5,18-21H2,1-3H3,(H,33,36)(H,34,38)(H,35,37)/t27-,28-/m0/s1. The Labute approximate surface area is 230 Å². The van der Waals surface area contributed by atoms with E-state index in [1.807, 2.05) is 86.6 Å². The van der Waals surface area contributed by atoms with Gasteiger partial charge in [0.25, 0.3) is 5.91 Å². The number of rotatable bonds is 14. The second kappa shape index (κ2) is 15.5. The van der Waals surface area contributed by atoms with Crippen molar-refractivity contribution in [1.82, 2.24) is 21.5 Å². The quantitative estimate of drug-likeness (QED) is 0.179. The van der Waals surface area contributed by atoms with Crippen molar-refractivity contribution in [3.63, 3.8) is 0 Å². The van der Waals surface area contributed by atoms with Crippen LogP contribution in [0.3, 0.4) is 0 Å². The largest absolute Gasteiger partial charge is 0.445 e. The lowest BCUT2D eigenvalue weighted by molar-refractivity contribution is -0.130. The third-order valence-electron chi connectivity index (χ3n) is 6.33. The van der Waals surface area contributed by atoms with E-state index in [9.17, 15) is 14.4 Å². The summed E-state index contributed by atoms with van der Waals surface area (Å²) in [5.74, 6) is -0.602. The van der Waals surface area contributed by atoms with Crippen LogP contribution in [0.15, 0.2) is 72.8 Å². The van der Waals surface area contributed by atoms with Crippen molar-refractivity contribution < 1.29 is 19.1 Å². The smallest absolute Gasteiger partial charge is 0.408 e. The van der Waals surface area contributed by atoms with Crippen molar-refractivity contribution in [3.05, 3.63) is 83.9 Å². The van der Waals surface area contributed by atoms with E-state index in [4.69, 9.17) is 4.74 Å². The van der Waals surface area contributed by atoms with Crippen LogP contribution in [0.2, 0.25) is 0 Å². The number of unbranched alkanes of at least 4 members (excludes halogenated alkanes) is 1. The van der Waals surface area contributed by atoms with Crippen molar-refractivity contribution in [1.29, 1.82) is 0 Å². The van der Waals surface area contributed by atoms with E-state index in [1.54, 1.807) is 0 Å². The molecule has 0 radical (unpaired) electrons. The molecular weight excluding hydrogens is 492 g/mol. The number of nitrogens with one attached hydrogen (secondary N) is 4. The molecule has 8 nitrogen and oxygen atoms in total. The Morgan fingerprint density at radius 2 is 1.54 bits per heavy atom. The summed E-state index contributed by atoms with van der Waals surface area (Å²) in [7, 11) is 0. The SMILES string of the molecule is CCCCNNC(=O)[C@H](CC(C)C)NC(=O)[C@H](Cc1cccc2ccccc12)NC(=O)OCc1ccccc1. The number of ether oxygens (including phenoxy) is 1. The van der Waals surface area contributed by atoms with Crippen LogP contribution in [0.1, 0.15) is 51.2 Å². The number of carbonyl (C=O) groups is 3. The van der Waals surface area contributed by atoms with E-state index in [1.165, 1.54) is 0 Å². The fraction of sp³-hybridized carbons (Fsp3) is 0.387. The molecule has 3 rings (SSSR count). The number of amides is 3. The molecule has 0 bridgehead atoms. The highest BCUT2D eigenvalue weighted by Crippen LogP contribution is 2.20. The Balaban J connectivity index is 1.77. The summed E-state index contributed by atoms with van der Waals surface area (Å²) in [5.41, 5.74) is 7.38. The van der Waals surface area contributed by atoms with Crippen molar-refractivity contribution in [2.24, 2.45) is 5.92 Å². The first kappa shape index (κ1) is 29.6. The number of fused-ring (bicyclic) bond motifs is 1. The maximum atomic E-state index is 13.6. The first-order chi connectivity index (χ1) is 18.9. The summed E-state index contributed by atoms with van der Waals surface area (Å²) < 4.78 is 5.41. The third-order valence-corrected chi connectivity index (χ3v) is 6.33. The van der Waals surface area contributed by atoms with Gasteiger partial charge in [-0.15, -0.1) is 0 Å². The van der Waals surface area contributed by atoms with E-state index >= 15 is 0 Å². The highest BCUT2D eigenvalue weighted by Gasteiger charge is 2.28. The molecule has 0 spiro atoms. The van der Waals surface area contributed by atoms with Gasteiger partial charge >= 0.3 is 6.09 Å². The summed E-state index contributed by atoms with van der Waals surface area (Å²) in [6.07, 6.45) is 1.90. The minimum absolute atomic E-state index is 0.0804. The maximum absolute atomic E-state index is 13.6. The van der Waals surface area contributed by atoms with Gasteiger partial charge in [0.2, 0.25) is 5.91 Å². The monoisotopic (exact) mass is 532 g/mol. The van der Waals surface area contributed by atoms with Gasteiger partial charge in [-0.25, -0.2) is 10.2 Å². The highest BCUT2D eigenvalue weighted by molar-refractivity contribution is 5.92. The van der Waals surface area contributed by atoms with Crippen molar-refractivity contribution in [3.8, 4) is 0 Å². The lowest BCUT2D eigenvalue weighted by Crippen LogP contribution is -2.56. The summed E-state index contributed by atoms with van der Waals surface area (Å²) in [5, 5.41) is 7.64. The first-order valence-electron chi connectivity index (χ1n) is 13.6. The van der Waals surface area contributed by atoms with Gasteiger partial charge in [0, 0.05) is 13.0 Å². The summed E-state index contributed by atoms with van der Waals surface area (Å²) in [4.78, 5) is 39.3. The van der Waals surface area contributed by atoms with Crippen LogP contribution < -0.4 is 21.5 Å². The summed E-state index contributed by atoms with van der Waals surface area (Å²) in [6, 6.07) is 21.4. The molecule has 208 valence electrons. The maximum Gasteiger partial charge on any atom is 0.408 e. The molecule has 3 aromatic rings. The Morgan fingerprint density at radius 1 is 0.821 bits per heavy atom. The Morgan fingerprint density at radius 3 is 2.28 bits per heavy atom. The molecule has 0 saturated heterocycles. The first-order valence-corrected chi connectivity index (χ1v) is 13.6. The molecule has 0 aliphatic heterocycles. The molecule has 3 amide bonds. The Kier molecular flexibility index (Phi) is 11.8. The fourth-order valence-electron chi connectivity index (χ4n) is 4.28. The molecule has 0 unspecified atom stereocenters. The zero-order valence-corrected chi connectivity index (χ0v) is 23.0. The van der Waals surface area contributed by atoms with Gasteiger partial charge in [0.15, 0.2) is 0 Å². The average molecular weight is 533 g/mol. The molecule has 3 aromatic carbocycles. The van der Waals surface area contributed by atoms with E-state index in [0.717, 1.165) is 34.7 Å². The van der Waals surface area contributed by atoms with Crippen LogP contribution in [-0.4, -0.2) is 36.5 Å². The number of carbonyl (C=O) groups excluding carboxylic acids is 3. The lowest BCUT2D eigenvalue weighted by Gasteiger charge is -2.24. The molecule has 2 atom stereocenters. The van der Waals surface area contributed by atoms with Gasteiger partial charge < -0.3 is 15.4 Å². The predicted octanol–water partition coefficient (Wildman–Crippen LogP) is 4.63. The van der Waals surface area contributed by atoms with Crippen LogP contribution in [-0.2, 0) is 27.4 Å². The summed E-state index contributed by atoms with van der Waals surface area (Å²) >= 11 is 0. The van der Waals surface area contributed by atoms with Gasteiger partial charge in [-0.2, -0.15) is 0 Å². The fourth-order valence-corrected chi connectivity index (χ4v) is 4.28. The van der Waals surface area contributed by atoms with Gasteiger partial charge in [-0.3, -0.25) is 15.0 Å². The van der Waals surface area contributed by atoms with Crippen LogP contribution in [0.4, 0.5) is 4.79 Å². The summed E-state index contributed by atoms with van der Waals surface area (Å²) in [6.45, 7) is 6.77. The molecule has 8 heteroatoms. The molecule has 0 fully saturated rings. The second-order valence-corrected chi connectivity index (χ2v) is 10.1. The van der Waals surface area contributed by atoms with E-state index in [0.29, 0.717) is 13.0 Å². The van der Waals surface area contributed by atoms with E-state index in [-0.39, 0.29) is 24.9 Å². The number of hydrogen-bond acceptors (Lipinski definition) is 5. The van der Waals surface area contributed by atoms with Crippen molar-refractivity contribution >= 4 is 28.7 Å². The predicted molar refractivity (Wildman–Crippen MR) is 154 cm³/mol. The third kappa shape index (κ3) is 9.72. The zero-order valence-electron chi connectivity index (χ0n) is 23.0. The zero-order chi connectivity index (χ0) is 28.0. The number of hydrogen-bond donors (Lipinski definition) is 4. The van der Waals surface area contributed by atoms with Crippen LogP contribution in [0, 0.1) is 5.92 Å². The molecular formula is C31H40N4O4. The van der Waals surface area contributed by atoms with Gasteiger partial charge in [-0.1, -0.05) is 100.0 Å². The van der Waals surface area contributed by atoms with Crippen LogP contribution in [0.5, 0.6) is 0 Å². The van der Waals surface area contributed by atoms with Gasteiger partial charge in [0.05, 0.1) is 0 Å². The van der Waals surface area contributed by atoms with Crippen LogP contribution >= 0.6 is 0 Å². The normalized spacial score (nSPS) is 12.5. The highest BCUT2D eigenvalue weighted by atomic mass is 16.5. The second-order valence-electron chi connectivity index (χ2n) is 10.1. The van der Waals surface area contributed by atoms with E-state index < -0.39 is 24.1 Å². The van der Waals surface area contributed by atoms with Crippen molar-refractivity contribution in [2.75, 3.05) is 6.54 Å². The van der Waals surface area contributed by atoms with Gasteiger partial charge in [0.1, 0.15) is 18.7 Å². The molecule has 0 aliphatic rings. The van der Waals surface area contributed by atoms with Crippen LogP contribution in [0.25, 0.3) is 10.8 Å². The molecule has 4 N–H and O–H groups in total. The molecule has 0 saturated carbocycles. The molecule has 0 aromatic heterocycles. The Hall–Kier alpha value is -3.91.